The van der Waals surface area contributed by atoms with Crippen molar-refractivity contribution >= 4 is 57.7 Å². The zero-order valence-corrected chi connectivity index (χ0v) is 21.7. The number of carbonyl (C=O) groups excluding carboxylic acids is 2. The number of amides is 2. The molecule has 1 aliphatic heterocycles. The molecule has 4 aromatic rings. The first kappa shape index (κ1) is 25.0. The number of anilines is 2. The molecule has 2 amide bonds. The molecule has 37 heavy (non-hydrogen) atoms. The van der Waals surface area contributed by atoms with Gasteiger partial charge in [0.05, 0.1) is 12.9 Å². The lowest BCUT2D eigenvalue weighted by Crippen LogP contribution is -2.48. The van der Waals surface area contributed by atoms with Gasteiger partial charge in [-0.2, -0.15) is 0 Å². The van der Waals surface area contributed by atoms with Crippen LogP contribution < -0.4 is 15.0 Å². The fourth-order valence-electron chi connectivity index (χ4n) is 4.11. The molecular weight excluding hydrogens is 512 g/mol. The molecule has 1 aliphatic rings. The Morgan fingerprint density at radius 3 is 2.46 bits per heavy atom. The van der Waals surface area contributed by atoms with Gasteiger partial charge in [-0.15, -0.1) is 0 Å². The molecule has 0 unspecified atom stereocenters. The second-order valence-electron chi connectivity index (χ2n) is 8.48. The van der Waals surface area contributed by atoms with Crippen LogP contribution in [0.5, 0.6) is 5.75 Å². The highest BCUT2D eigenvalue weighted by Gasteiger charge is 2.22. The number of ether oxygens (including phenoxy) is 1. The van der Waals surface area contributed by atoms with E-state index in [0.717, 1.165) is 24.5 Å². The summed E-state index contributed by atoms with van der Waals surface area (Å²) in [5.74, 6) is 0.782. The van der Waals surface area contributed by atoms with Crippen molar-refractivity contribution in [2.75, 3.05) is 49.3 Å². The lowest BCUT2D eigenvalue weighted by Gasteiger charge is -2.36. The van der Waals surface area contributed by atoms with Gasteiger partial charge in [-0.05, 0) is 66.7 Å². The van der Waals surface area contributed by atoms with Crippen molar-refractivity contribution in [1.82, 2.24) is 9.88 Å². The monoisotopic (exact) mass is 536 g/mol. The summed E-state index contributed by atoms with van der Waals surface area (Å²) in [6.07, 6.45) is 0. The third-order valence-electron chi connectivity index (χ3n) is 6.08. The summed E-state index contributed by atoms with van der Waals surface area (Å²) < 4.78 is 10.8. The molecule has 10 heteroatoms. The van der Waals surface area contributed by atoms with E-state index in [0.29, 0.717) is 45.7 Å². The number of methoxy groups -OCH3 is 1. The Morgan fingerprint density at radius 1 is 1.03 bits per heavy atom. The summed E-state index contributed by atoms with van der Waals surface area (Å²) >= 11 is 7.21. The van der Waals surface area contributed by atoms with Gasteiger partial charge in [-0.25, -0.2) is 4.98 Å². The molecule has 1 aromatic heterocycles. The van der Waals surface area contributed by atoms with Gasteiger partial charge < -0.3 is 24.3 Å². The Hall–Kier alpha value is -3.69. The van der Waals surface area contributed by atoms with Gasteiger partial charge in [-0.3, -0.25) is 9.59 Å². The molecule has 0 aliphatic carbocycles. The largest absolute Gasteiger partial charge is 0.497 e. The van der Waals surface area contributed by atoms with Crippen LogP contribution in [0.15, 0.2) is 76.4 Å². The first-order chi connectivity index (χ1) is 18.0. The zero-order chi connectivity index (χ0) is 25.8. The number of hydrogen-bond acceptors (Lipinski definition) is 7. The molecule has 3 aromatic carbocycles. The molecular formula is C27H25ClN4O4S. The fraction of sp³-hybridized carbons (Fsp3) is 0.222. The van der Waals surface area contributed by atoms with Crippen LogP contribution in [-0.4, -0.2) is 60.7 Å². The number of halogens is 1. The van der Waals surface area contributed by atoms with Gasteiger partial charge in [0.25, 0.3) is 11.1 Å². The number of rotatable bonds is 7. The summed E-state index contributed by atoms with van der Waals surface area (Å²) in [5, 5.41) is 3.91. The number of fused-ring (bicyclic) bond motifs is 1. The highest BCUT2D eigenvalue weighted by Crippen LogP contribution is 2.26. The third kappa shape index (κ3) is 6.00. The molecule has 0 radical (unpaired) electrons. The van der Waals surface area contributed by atoms with Crippen LogP contribution in [-0.2, 0) is 4.79 Å². The second kappa shape index (κ2) is 11.1. The van der Waals surface area contributed by atoms with E-state index in [2.05, 4.69) is 15.2 Å². The van der Waals surface area contributed by atoms with Crippen LogP contribution >= 0.6 is 23.4 Å². The number of aromatic nitrogens is 1. The van der Waals surface area contributed by atoms with E-state index in [-0.39, 0.29) is 17.6 Å². The second-order valence-corrected chi connectivity index (χ2v) is 9.85. The maximum absolute atomic E-state index is 12.8. The Kier molecular flexibility index (Phi) is 7.52. The summed E-state index contributed by atoms with van der Waals surface area (Å²) in [5.41, 5.74) is 3.72. The first-order valence-electron chi connectivity index (χ1n) is 11.8. The summed E-state index contributed by atoms with van der Waals surface area (Å²) in [7, 11) is 1.61. The predicted octanol–water partition coefficient (Wildman–Crippen LogP) is 5.18. The van der Waals surface area contributed by atoms with Crippen LogP contribution in [0.2, 0.25) is 5.02 Å². The Bertz CT molecular complexity index is 1400. The number of nitrogens with one attached hydrogen (secondary N) is 1. The van der Waals surface area contributed by atoms with E-state index >= 15 is 0 Å². The van der Waals surface area contributed by atoms with Gasteiger partial charge in [0.1, 0.15) is 11.3 Å². The molecule has 0 bridgehead atoms. The van der Waals surface area contributed by atoms with Crippen LogP contribution in [0.3, 0.4) is 0 Å². The van der Waals surface area contributed by atoms with E-state index in [1.807, 2.05) is 29.2 Å². The summed E-state index contributed by atoms with van der Waals surface area (Å²) in [4.78, 5) is 33.7. The molecule has 8 nitrogen and oxygen atoms in total. The van der Waals surface area contributed by atoms with E-state index in [1.165, 1.54) is 11.8 Å². The van der Waals surface area contributed by atoms with Gasteiger partial charge in [0, 0.05) is 48.1 Å². The van der Waals surface area contributed by atoms with Gasteiger partial charge in [-0.1, -0.05) is 23.4 Å². The molecule has 190 valence electrons. The van der Waals surface area contributed by atoms with E-state index in [1.54, 1.807) is 49.6 Å². The van der Waals surface area contributed by atoms with Gasteiger partial charge >= 0.3 is 0 Å². The predicted molar refractivity (Wildman–Crippen MR) is 146 cm³/mol. The molecule has 0 atom stereocenters. The molecule has 1 saturated heterocycles. The number of benzene rings is 3. The number of hydrogen-bond donors (Lipinski definition) is 1. The maximum atomic E-state index is 12.8. The number of piperazine rings is 1. The van der Waals surface area contributed by atoms with Gasteiger partial charge in [0.2, 0.25) is 5.91 Å². The number of thioether (sulfide) groups is 1. The van der Waals surface area contributed by atoms with E-state index in [9.17, 15) is 9.59 Å². The Labute approximate surface area is 223 Å². The maximum Gasteiger partial charge on any atom is 0.257 e. The molecule has 1 fully saturated rings. The van der Waals surface area contributed by atoms with Crippen LogP contribution in [0.4, 0.5) is 11.4 Å². The lowest BCUT2D eigenvalue weighted by molar-refractivity contribution is -0.113. The minimum atomic E-state index is -0.149. The normalized spacial score (nSPS) is 13.6. The molecule has 5 rings (SSSR count). The van der Waals surface area contributed by atoms with E-state index in [4.69, 9.17) is 20.8 Å². The SMILES string of the molecule is COc1ccc(C(=O)N2CCN(c3ccc(NC(=O)CSc4nc5cc(Cl)ccc5o4)cc3)CC2)cc1. The van der Waals surface area contributed by atoms with Crippen molar-refractivity contribution in [1.29, 1.82) is 0 Å². The van der Waals surface area contributed by atoms with Gasteiger partial charge in [0.15, 0.2) is 5.58 Å². The Morgan fingerprint density at radius 2 is 1.76 bits per heavy atom. The zero-order valence-electron chi connectivity index (χ0n) is 20.1. The molecule has 0 spiro atoms. The lowest BCUT2D eigenvalue weighted by atomic mass is 10.1. The summed E-state index contributed by atoms with van der Waals surface area (Å²) in [6.45, 7) is 2.76. The van der Waals surface area contributed by atoms with Crippen LogP contribution in [0.1, 0.15) is 10.4 Å². The van der Waals surface area contributed by atoms with Crippen molar-refractivity contribution in [3.63, 3.8) is 0 Å². The quantitative estimate of drug-likeness (QED) is 0.325. The first-order valence-corrected chi connectivity index (χ1v) is 13.1. The Balaban J connectivity index is 1.10. The van der Waals surface area contributed by atoms with Crippen molar-refractivity contribution in [3.05, 3.63) is 77.3 Å². The average Bonchev–Trinajstić information content (AvgIpc) is 3.34. The molecule has 1 N–H and O–H groups in total. The molecule has 0 saturated carbocycles. The summed E-state index contributed by atoms with van der Waals surface area (Å²) in [6, 6.07) is 20.1. The standard InChI is InChI=1S/C27H25ClN4O4S/c1-35-22-9-2-18(3-10-22)26(34)32-14-12-31(13-15-32)21-7-5-20(6-8-21)29-25(33)17-37-27-30-23-16-19(28)4-11-24(23)36-27/h2-11,16H,12-15,17H2,1H3,(H,29,33). The third-order valence-corrected chi connectivity index (χ3v) is 7.14. The van der Waals surface area contributed by atoms with E-state index < -0.39 is 0 Å². The minimum Gasteiger partial charge on any atom is -0.497 e. The topological polar surface area (TPSA) is 87.9 Å². The van der Waals surface area contributed by atoms with Crippen molar-refractivity contribution in [2.45, 2.75) is 5.22 Å². The number of oxazole rings is 1. The van der Waals surface area contributed by atoms with Crippen LogP contribution in [0.25, 0.3) is 11.1 Å². The van der Waals surface area contributed by atoms with Crippen molar-refractivity contribution in [3.8, 4) is 5.75 Å². The van der Waals surface area contributed by atoms with Crippen LogP contribution in [0, 0.1) is 0 Å². The van der Waals surface area contributed by atoms with Crippen molar-refractivity contribution in [2.24, 2.45) is 0 Å². The molecule has 2 heterocycles. The number of carbonyl (C=O) groups is 2. The average molecular weight is 537 g/mol. The highest BCUT2D eigenvalue weighted by atomic mass is 35.5. The smallest absolute Gasteiger partial charge is 0.257 e. The minimum absolute atomic E-state index is 0.0277. The number of nitrogens with zero attached hydrogens (tertiary/aromatic N) is 3. The highest BCUT2D eigenvalue weighted by molar-refractivity contribution is 7.99. The fourth-order valence-corrected chi connectivity index (χ4v) is 4.91. The van der Waals surface area contributed by atoms with Crippen molar-refractivity contribution < 1.29 is 18.7 Å².